The lowest BCUT2D eigenvalue weighted by atomic mass is 10.1. The standard InChI is InChI=1S/C22H19N3O4/c1-14(26)23-18-12-17(24-21(28)15-8-4-2-5-9-15)13-19(20(18)27)25-22(29)16-10-6-3-7-11-16/h2-13,27H,1H3,(H,23,26)(H,24,28)(H,25,29). The molecule has 3 amide bonds. The molecule has 0 radical (unpaired) electrons. The molecule has 0 heterocycles. The molecule has 3 rings (SSSR count). The van der Waals surface area contributed by atoms with E-state index in [4.69, 9.17) is 0 Å². The summed E-state index contributed by atoms with van der Waals surface area (Å²) in [5.41, 5.74) is 1.24. The van der Waals surface area contributed by atoms with Crippen molar-refractivity contribution in [3.05, 3.63) is 83.9 Å². The van der Waals surface area contributed by atoms with Crippen molar-refractivity contribution in [2.75, 3.05) is 16.0 Å². The van der Waals surface area contributed by atoms with E-state index in [1.807, 2.05) is 0 Å². The number of hydrogen-bond acceptors (Lipinski definition) is 4. The van der Waals surface area contributed by atoms with E-state index in [2.05, 4.69) is 16.0 Å². The topological polar surface area (TPSA) is 108 Å². The normalized spacial score (nSPS) is 10.1. The summed E-state index contributed by atoms with van der Waals surface area (Å²) in [6.07, 6.45) is 0. The van der Waals surface area contributed by atoms with Crippen molar-refractivity contribution in [1.82, 2.24) is 0 Å². The van der Waals surface area contributed by atoms with Crippen LogP contribution in [-0.2, 0) is 4.79 Å². The summed E-state index contributed by atoms with van der Waals surface area (Å²) in [5, 5.41) is 18.3. The van der Waals surface area contributed by atoms with Crippen molar-refractivity contribution in [2.24, 2.45) is 0 Å². The van der Waals surface area contributed by atoms with E-state index in [0.29, 0.717) is 16.8 Å². The number of phenols is 1. The van der Waals surface area contributed by atoms with Crippen LogP contribution in [0.1, 0.15) is 27.6 Å². The van der Waals surface area contributed by atoms with Gasteiger partial charge in [-0.15, -0.1) is 0 Å². The van der Waals surface area contributed by atoms with Crippen molar-refractivity contribution in [2.45, 2.75) is 6.92 Å². The summed E-state index contributed by atoms with van der Waals surface area (Å²) in [4.78, 5) is 36.4. The molecule has 0 aliphatic rings. The Labute approximate surface area is 167 Å². The van der Waals surface area contributed by atoms with Gasteiger partial charge in [-0.25, -0.2) is 0 Å². The Hall–Kier alpha value is -4.13. The highest BCUT2D eigenvalue weighted by atomic mass is 16.3. The first-order valence-electron chi connectivity index (χ1n) is 8.81. The quantitative estimate of drug-likeness (QED) is 0.393. The number of nitrogens with one attached hydrogen (secondary N) is 3. The van der Waals surface area contributed by atoms with Crippen LogP contribution >= 0.6 is 0 Å². The molecular weight excluding hydrogens is 370 g/mol. The van der Waals surface area contributed by atoms with Gasteiger partial charge < -0.3 is 21.1 Å². The van der Waals surface area contributed by atoms with Crippen molar-refractivity contribution >= 4 is 34.8 Å². The number of benzene rings is 3. The Kier molecular flexibility index (Phi) is 5.89. The molecular formula is C22H19N3O4. The summed E-state index contributed by atoms with van der Waals surface area (Å²) < 4.78 is 0. The van der Waals surface area contributed by atoms with Gasteiger partial charge in [0.1, 0.15) is 0 Å². The molecule has 0 saturated carbocycles. The second kappa shape index (κ2) is 8.71. The third-order valence-corrected chi connectivity index (χ3v) is 4.00. The van der Waals surface area contributed by atoms with Crippen LogP contribution in [0.2, 0.25) is 0 Å². The molecule has 29 heavy (non-hydrogen) atoms. The molecule has 4 N–H and O–H groups in total. The molecule has 7 nitrogen and oxygen atoms in total. The van der Waals surface area contributed by atoms with Gasteiger partial charge in [-0.3, -0.25) is 14.4 Å². The molecule has 3 aromatic carbocycles. The van der Waals surface area contributed by atoms with E-state index >= 15 is 0 Å². The lowest BCUT2D eigenvalue weighted by Crippen LogP contribution is -2.15. The average molecular weight is 389 g/mol. The van der Waals surface area contributed by atoms with E-state index in [1.54, 1.807) is 60.7 Å². The van der Waals surface area contributed by atoms with Crippen LogP contribution in [0.25, 0.3) is 0 Å². The maximum absolute atomic E-state index is 12.5. The zero-order valence-electron chi connectivity index (χ0n) is 15.6. The highest BCUT2D eigenvalue weighted by Gasteiger charge is 2.16. The SMILES string of the molecule is CC(=O)Nc1cc(NC(=O)c2ccccc2)cc(NC(=O)c2ccccc2)c1O. The van der Waals surface area contributed by atoms with Gasteiger partial charge in [0.25, 0.3) is 11.8 Å². The van der Waals surface area contributed by atoms with Crippen LogP contribution in [0.5, 0.6) is 5.75 Å². The molecule has 0 fully saturated rings. The zero-order chi connectivity index (χ0) is 20.8. The molecule has 0 unspecified atom stereocenters. The minimum atomic E-state index is -0.443. The van der Waals surface area contributed by atoms with Crippen LogP contribution < -0.4 is 16.0 Å². The molecule has 0 atom stereocenters. The monoisotopic (exact) mass is 389 g/mol. The number of carbonyl (C=O) groups excluding carboxylic acids is 3. The van der Waals surface area contributed by atoms with E-state index in [9.17, 15) is 19.5 Å². The van der Waals surface area contributed by atoms with Crippen LogP contribution in [-0.4, -0.2) is 22.8 Å². The van der Waals surface area contributed by atoms with Crippen LogP contribution in [0.15, 0.2) is 72.8 Å². The predicted octanol–water partition coefficient (Wildman–Crippen LogP) is 3.86. The highest BCUT2D eigenvalue weighted by molar-refractivity contribution is 6.08. The molecule has 0 bridgehead atoms. The van der Waals surface area contributed by atoms with Crippen molar-refractivity contribution in [3.8, 4) is 5.75 Å². The molecule has 3 aromatic rings. The molecule has 0 aliphatic heterocycles. The largest absolute Gasteiger partial charge is 0.504 e. The number of phenolic OH excluding ortho intramolecular Hbond substituents is 1. The molecule has 7 heteroatoms. The molecule has 0 aromatic heterocycles. The maximum Gasteiger partial charge on any atom is 0.255 e. The van der Waals surface area contributed by atoms with Gasteiger partial charge in [-0.1, -0.05) is 36.4 Å². The van der Waals surface area contributed by atoms with Gasteiger partial charge in [-0.2, -0.15) is 0 Å². The first-order chi connectivity index (χ1) is 13.9. The summed E-state index contributed by atoms with van der Waals surface area (Å²) in [6, 6.07) is 19.9. The molecule has 0 saturated heterocycles. The van der Waals surface area contributed by atoms with E-state index in [1.165, 1.54) is 19.1 Å². The van der Waals surface area contributed by atoms with Crippen LogP contribution in [0.3, 0.4) is 0 Å². The number of anilines is 3. The fraction of sp³-hybridized carbons (Fsp3) is 0.0455. The van der Waals surface area contributed by atoms with E-state index < -0.39 is 11.8 Å². The lowest BCUT2D eigenvalue weighted by Gasteiger charge is -2.15. The highest BCUT2D eigenvalue weighted by Crippen LogP contribution is 2.36. The number of aromatic hydroxyl groups is 1. The second-order valence-electron chi connectivity index (χ2n) is 6.24. The number of hydrogen-bond donors (Lipinski definition) is 4. The molecule has 0 aliphatic carbocycles. The Morgan fingerprint density at radius 3 is 1.62 bits per heavy atom. The average Bonchev–Trinajstić information content (AvgIpc) is 2.72. The van der Waals surface area contributed by atoms with Crippen LogP contribution in [0.4, 0.5) is 17.1 Å². The lowest BCUT2D eigenvalue weighted by molar-refractivity contribution is -0.114. The molecule has 0 spiro atoms. The van der Waals surface area contributed by atoms with Gasteiger partial charge in [0.05, 0.1) is 11.4 Å². The van der Waals surface area contributed by atoms with Gasteiger partial charge in [0.2, 0.25) is 5.91 Å². The Balaban J connectivity index is 1.92. The number of carbonyl (C=O) groups is 3. The van der Waals surface area contributed by atoms with Crippen molar-refractivity contribution in [1.29, 1.82) is 0 Å². The fourth-order valence-corrected chi connectivity index (χ4v) is 2.66. The fourth-order valence-electron chi connectivity index (χ4n) is 2.66. The summed E-state index contributed by atoms with van der Waals surface area (Å²) in [7, 11) is 0. The van der Waals surface area contributed by atoms with Gasteiger partial charge in [0, 0.05) is 23.7 Å². The second-order valence-corrected chi connectivity index (χ2v) is 6.24. The van der Waals surface area contributed by atoms with E-state index in [0.717, 1.165) is 0 Å². The molecule has 146 valence electrons. The smallest absolute Gasteiger partial charge is 0.255 e. The van der Waals surface area contributed by atoms with Gasteiger partial charge >= 0.3 is 0 Å². The Morgan fingerprint density at radius 2 is 1.14 bits per heavy atom. The third-order valence-electron chi connectivity index (χ3n) is 4.00. The summed E-state index contributed by atoms with van der Waals surface area (Å²) in [5.74, 6) is -1.54. The first kappa shape index (κ1) is 19.6. The van der Waals surface area contributed by atoms with Gasteiger partial charge in [0.15, 0.2) is 5.75 Å². The number of rotatable bonds is 5. The van der Waals surface area contributed by atoms with Gasteiger partial charge in [-0.05, 0) is 36.4 Å². The van der Waals surface area contributed by atoms with Crippen molar-refractivity contribution in [3.63, 3.8) is 0 Å². The predicted molar refractivity (Wildman–Crippen MR) is 111 cm³/mol. The van der Waals surface area contributed by atoms with Crippen molar-refractivity contribution < 1.29 is 19.5 Å². The Bertz CT molecular complexity index is 1050. The third kappa shape index (κ3) is 4.98. The maximum atomic E-state index is 12.5. The minimum absolute atomic E-state index is 0.0495. The summed E-state index contributed by atoms with van der Waals surface area (Å²) >= 11 is 0. The first-order valence-corrected chi connectivity index (χ1v) is 8.81. The van der Waals surface area contributed by atoms with E-state index in [-0.39, 0.29) is 23.0 Å². The van der Waals surface area contributed by atoms with Crippen LogP contribution in [0, 0.1) is 0 Å². The Morgan fingerprint density at radius 1 is 0.690 bits per heavy atom. The number of amides is 3. The minimum Gasteiger partial charge on any atom is -0.504 e. The summed E-state index contributed by atoms with van der Waals surface area (Å²) in [6.45, 7) is 1.29. The zero-order valence-corrected chi connectivity index (χ0v) is 15.6.